The summed E-state index contributed by atoms with van der Waals surface area (Å²) >= 11 is 4.99. The summed E-state index contributed by atoms with van der Waals surface area (Å²) in [6.45, 7) is 2.18. The Labute approximate surface area is 135 Å². The van der Waals surface area contributed by atoms with Crippen molar-refractivity contribution in [2.75, 3.05) is 11.9 Å². The Bertz CT molecular complexity index is 657. The molecule has 0 saturated heterocycles. The zero-order chi connectivity index (χ0) is 15.6. The molecule has 0 spiro atoms. The lowest BCUT2D eigenvalue weighted by Crippen LogP contribution is -2.17. The fourth-order valence-electron chi connectivity index (χ4n) is 2.02. The third-order valence-electron chi connectivity index (χ3n) is 3.10. The van der Waals surface area contributed by atoms with Gasteiger partial charge in [0.15, 0.2) is 0 Å². The van der Waals surface area contributed by atoms with E-state index in [1.165, 1.54) is 6.07 Å². The molecule has 21 heavy (non-hydrogen) atoms. The monoisotopic (exact) mass is 370 g/mol. The lowest BCUT2D eigenvalue weighted by Gasteiger charge is -2.19. The summed E-state index contributed by atoms with van der Waals surface area (Å²) < 4.78 is 1.01. The van der Waals surface area contributed by atoms with Crippen LogP contribution in [-0.4, -0.2) is 17.1 Å². The highest BCUT2D eigenvalue weighted by atomic mass is 79.9. The smallest absolute Gasteiger partial charge is 0.292 e. The number of hydrogen-bond acceptors (Lipinski definition) is 5. The van der Waals surface area contributed by atoms with Crippen LogP contribution in [0.25, 0.3) is 0 Å². The zero-order valence-electron chi connectivity index (χ0n) is 11.6. The van der Waals surface area contributed by atoms with Crippen LogP contribution < -0.4 is 4.90 Å². The summed E-state index contributed by atoms with van der Waals surface area (Å²) in [4.78, 5) is 13.8. The molecule has 1 aromatic carbocycles. The van der Waals surface area contributed by atoms with E-state index >= 15 is 0 Å². The van der Waals surface area contributed by atoms with Crippen LogP contribution in [-0.2, 0) is 6.54 Å². The van der Waals surface area contributed by atoms with Crippen LogP contribution in [0, 0.1) is 10.1 Å². The van der Waals surface area contributed by atoms with Gasteiger partial charge in [0.25, 0.3) is 5.69 Å². The second-order valence-electron chi connectivity index (χ2n) is 4.77. The number of halogens is 1. The molecule has 0 aliphatic carbocycles. The average molecular weight is 371 g/mol. The van der Waals surface area contributed by atoms with Crippen molar-refractivity contribution in [1.29, 1.82) is 0 Å². The Hall–Kier alpha value is -1.44. The Kier molecular flexibility index (Phi) is 4.97. The lowest BCUT2D eigenvalue weighted by atomic mass is 10.1. The Morgan fingerprint density at radius 3 is 2.71 bits per heavy atom. The first kappa shape index (κ1) is 15.9. The van der Waals surface area contributed by atoms with E-state index in [-0.39, 0.29) is 5.69 Å². The minimum atomic E-state index is -0.726. The van der Waals surface area contributed by atoms with E-state index in [9.17, 15) is 15.2 Å². The number of aliphatic hydroxyl groups excluding tert-OH is 1. The maximum Gasteiger partial charge on any atom is 0.292 e. The first-order valence-corrected chi connectivity index (χ1v) is 7.96. The highest BCUT2D eigenvalue weighted by Crippen LogP contribution is 2.32. The molecule has 0 bridgehead atoms. The van der Waals surface area contributed by atoms with Crippen molar-refractivity contribution >= 4 is 38.6 Å². The number of rotatable bonds is 5. The summed E-state index contributed by atoms with van der Waals surface area (Å²) in [6, 6.07) is 6.83. The van der Waals surface area contributed by atoms with E-state index in [1.807, 2.05) is 23.4 Å². The number of nitrogens with zero attached hydrogens (tertiary/aromatic N) is 2. The fraction of sp³-hybridized carbons (Fsp3) is 0.286. The van der Waals surface area contributed by atoms with Gasteiger partial charge >= 0.3 is 0 Å². The maximum atomic E-state index is 11.2. The SMILES string of the molecule is C[C@@H](O)c1ccc(N(C)Cc2cc(Br)cs2)c([N+](=O)[O-])c1. The number of thiophene rings is 1. The second kappa shape index (κ2) is 6.55. The van der Waals surface area contributed by atoms with Gasteiger partial charge in [0.2, 0.25) is 0 Å². The molecular formula is C14H15BrN2O3S. The molecule has 1 atom stereocenters. The molecule has 2 aromatic rings. The molecule has 0 fully saturated rings. The van der Waals surface area contributed by atoms with Gasteiger partial charge in [0, 0.05) is 27.8 Å². The van der Waals surface area contributed by atoms with Crippen LogP contribution in [0.2, 0.25) is 0 Å². The molecule has 0 aliphatic rings. The molecule has 5 nitrogen and oxygen atoms in total. The number of benzene rings is 1. The van der Waals surface area contributed by atoms with Crippen molar-refractivity contribution < 1.29 is 10.0 Å². The van der Waals surface area contributed by atoms with E-state index < -0.39 is 11.0 Å². The lowest BCUT2D eigenvalue weighted by molar-refractivity contribution is -0.384. The number of nitro benzene ring substituents is 1. The fourth-order valence-corrected chi connectivity index (χ4v) is 3.53. The minimum absolute atomic E-state index is 0.00604. The Morgan fingerprint density at radius 2 is 2.19 bits per heavy atom. The first-order valence-electron chi connectivity index (χ1n) is 6.29. The minimum Gasteiger partial charge on any atom is -0.389 e. The molecule has 1 aromatic heterocycles. The first-order chi connectivity index (χ1) is 9.88. The molecule has 7 heteroatoms. The van der Waals surface area contributed by atoms with Gasteiger partial charge in [0.1, 0.15) is 5.69 Å². The van der Waals surface area contributed by atoms with Crippen LogP contribution in [0.15, 0.2) is 34.1 Å². The van der Waals surface area contributed by atoms with Crippen molar-refractivity contribution in [1.82, 2.24) is 0 Å². The van der Waals surface area contributed by atoms with Crippen molar-refractivity contribution in [3.8, 4) is 0 Å². The summed E-state index contributed by atoms with van der Waals surface area (Å²) in [5, 5.41) is 22.8. The summed E-state index contributed by atoms with van der Waals surface area (Å²) in [6.07, 6.45) is -0.726. The molecule has 0 unspecified atom stereocenters. The van der Waals surface area contributed by atoms with Gasteiger partial charge in [-0.2, -0.15) is 0 Å². The largest absolute Gasteiger partial charge is 0.389 e. The van der Waals surface area contributed by atoms with Gasteiger partial charge in [-0.25, -0.2) is 0 Å². The standard InChI is InChI=1S/C14H15BrN2O3S/c1-9(18)10-3-4-13(14(5-10)17(19)20)16(2)7-12-6-11(15)8-21-12/h3-6,8-9,18H,7H2,1-2H3/t9-/m1/s1. The van der Waals surface area contributed by atoms with Crippen LogP contribution in [0.4, 0.5) is 11.4 Å². The molecular weight excluding hydrogens is 356 g/mol. The third-order valence-corrected chi connectivity index (χ3v) is 4.79. The predicted molar refractivity (Wildman–Crippen MR) is 87.9 cm³/mol. The van der Waals surface area contributed by atoms with Crippen molar-refractivity contribution in [2.45, 2.75) is 19.6 Å². The number of hydrogen-bond donors (Lipinski definition) is 1. The molecule has 1 N–H and O–H groups in total. The van der Waals surface area contributed by atoms with Gasteiger partial charge in [-0.3, -0.25) is 10.1 Å². The average Bonchev–Trinajstić information content (AvgIpc) is 2.83. The van der Waals surface area contributed by atoms with Crippen LogP contribution >= 0.6 is 27.3 Å². The number of nitro groups is 1. The highest BCUT2D eigenvalue weighted by Gasteiger charge is 2.19. The molecule has 0 amide bonds. The Morgan fingerprint density at radius 1 is 1.48 bits per heavy atom. The van der Waals surface area contributed by atoms with Crippen LogP contribution in [0.1, 0.15) is 23.5 Å². The zero-order valence-corrected chi connectivity index (χ0v) is 14.0. The van der Waals surface area contributed by atoms with Gasteiger partial charge in [-0.1, -0.05) is 6.07 Å². The van der Waals surface area contributed by atoms with E-state index in [0.717, 1.165) is 9.35 Å². The number of anilines is 1. The predicted octanol–water partition coefficient (Wildman–Crippen LogP) is 4.11. The molecule has 0 radical (unpaired) electrons. The van der Waals surface area contributed by atoms with Gasteiger partial charge in [-0.15, -0.1) is 11.3 Å². The van der Waals surface area contributed by atoms with E-state index in [2.05, 4.69) is 15.9 Å². The van der Waals surface area contributed by atoms with E-state index in [0.29, 0.717) is 17.8 Å². The normalized spacial score (nSPS) is 12.2. The van der Waals surface area contributed by atoms with Gasteiger partial charge in [0.05, 0.1) is 17.6 Å². The Balaban J connectivity index is 2.31. The molecule has 2 rings (SSSR count). The number of aliphatic hydroxyl groups is 1. The van der Waals surface area contributed by atoms with E-state index in [1.54, 1.807) is 30.4 Å². The van der Waals surface area contributed by atoms with Crippen molar-refractivity contribution in [3.63, 3.8) is 0 Å². The summed E-state index contributed by atoms with van der Waals surface area (Å²) in [5.74, 6) is 0. The molecule has 0 aliphatic heterocycles. The summed E-state index contributed by atoms with van der Waals surface area (Å²) in [5.41, 5.74) is 1.08. The summed E-state index contributed by atoms with van der Waals surface area (Å²) in [7, 11) is 1.82. The third kappa shape index (κ3) is 3.81. The second-order valence-corrected chi connectivity index (χ2v) is 6.68. The highest BCUT2D eigenvalue weighted by molar-refractivity contribution is 9.10. The van der Waals surface area contributed by atoms with E-state index in [4.69, 9.17) is 0 Å². The van der Waals surface area contributed by atoms with Gasteiger partial charge < -0.3 is 10.0 Å². The van der Waals surface area contributed by atoms with Crippen LogP contribution in [0.5, 0.6) is 0 Å². The topological polar surface area (TPSA) is 66.6 Å². The van der Waals surface area contributed by atoms with Crippen molar-refractivity contribution in [3.05, 3.63) is 54.7 Å². The van der Waals surface area contributed by atoms with Crippen LogP contribution in [0.3, 0.4) is 0 Å². The molecule has 1 heterocycles. The molecule has 0 saturated carbocycles. The maximum absolute atomic E-state index is 11.2. The molecule has 112 valence electrons. The van der Waals surface area contributed by atoms with Gasteiger partial charge in [-0.05, 0) is 40.5 Å². The quantitative estimate of drug-likeness (QED) is 0.635. The van der Waals surface area contributed by atoms with Crippen molar-refractivity contribution in [2.24, 2.45) is 0 Å².